The number of likely N-dealkylation sites (N-methyl/N-ethyl adjacent to an activating group) is 1. The lowest BCUT2D eigenvalue weighted by Gasteiger charge is -2.37. The number of nitrogens with zero attached hydrogens (tertiary/aromatic N) is 5. The molecule has 0 aromatic heterocycles. The number of benzene rings is 2. The minimum Gasteiger partial charge on any atom is -0.463 e. The third-order valence-electron chi connectivity index (χ3n) is 6.94. The molecular formula is C28H29N5O5S. The normalized spacial score (nSPS) is 19.4. The Balaban J connectivity index is 1.60. The summed E-state index contributed by atoms with van der Waals surface area (Å²) in [5, 5.41) is 14.2. The van der Waals surface area contributed by atoms with E-state index in [4.69, 9.17) is 9.73 Å². The summed E-state index contributed by atoms with van der Waals surface area (Å²) >= 11 is 1.37. The number of ether oxygens (including phenoxy) is 1. The van der Waals surface area contributed by atoms with Gasteiger partial charge in [-0.25, -0.2) is 9.79 Å². The van der Waals surface area contributed by atoms with Gasteiger partial charge in [-0.1, -0.05) is 54.2 Å². The van der Waals surface area contributed by atoms with Crippen LogP contribution in [-0.2, 0) is 14.3 Å². The summed E-state index contributed by atoms with van der Waals surface area (Å²) in [6, 6.07) is 14.8. The van der Waals surface area contributed by atoms with E-state index in [9.17, 15) is 19.7 Å². The van der Waals surface area contributed by atoms with Crippen molar-refractivity contribution in [2.45, 2.75) is 19.4 Å². The Hall–Kier alpha value is -3.96. The van der Waals surface area contributed by atoms with Gasteiger partial charge in [0.25, 0.3) is 5.69 Å². The van der Waals surface area contributed by atoms with E-state index in [0.717, 1.165) is 18.7 Å². The predicted octanol–water partition coefficient (Wildman–Crippen LogP) is 4.03. The van der Waals surface area contributed by atoms with Gasteiger partial charge in [-0.2, -0.15) is 0 Å². The standard InChI is InChI=1S/C28H29N5O5S/c1-3-38-27(35)24-25(19-8-5-4-6-9-19)29-28-32(26(24)20-10-7-11-21(16-20)33(36)37)22(18-39-28)17-23(34)31-14-12-30(2)13-15-31/h4-11,16,18,26H,3,12-15,17H2,1-2H3. The van der Waals surface area contributed by atoms with E-state index < -0.39 is 16.9 Å². The molecular weight excluding hydrogens is 518 g/mol. The van der Waals surface area contributed by atoms with Crippen LogP contribution in [0.15, 0.2) is 76.3 Å². The smallest absolute Gasteiger partial charge is 0.338 e. The number of esters is 1. The number of aliphatic imine (C=N–C) groups is 1. The van der Waals surface area contributed by atoms with Crippen LogP contribution in [0.3, 0.4) is 0 Å². The Bertz CT molecular complexity index is 1380. The number of hydrogen-bond acceptors (Lipinski definition) is 9. The zero-order valence-corrected chi connectivity index (χ0v) is 22.6. The van der Waals surface area contributed by atoms with E-state index in [1.54, 1.807) is 19.1 Å². The number of amides is 1. The summed E-state index contributed by atoms with van der Waals surface area (Å²) in [6.07, 6.45) is 0.123. The summed E-state index contributed by atoms with van der Waals surface area (Å²) in [5.41, 5.74) is 2.58. The summed E-state index contributed by atoms with van der Waals surface area (Å²) < 4.78 is 5.50. The molecule has 202 valence electrons. The van der Waals surface area contributed by atoms with Crippen molar-refractivity contribution in [3.8, 4) is 0 Å². The Morgan fingerprint density at radius 3 is 2.54 bits per heavy atom. The number of hydrogen-bond donors (Lipinski definition) is 0. The van der Waals surface area contributed by atoms with Gasteiger partial charge in [0.2, 0.25) is 5.91 Å². The molecule has 0 spiro atoms. The quantitative estimate of drug-likeness (QED) is 0.290. The van der Waals surface area contributed by atoms with Crippen molar-refractivity contribution < 1.29 is 19.2 Å². The largest absolute Gasteiger partial charge is 0.463 e. The molecule has 1 amide bonds. The molecule has 5 rings (SSSR count). The second-order valence-electron chi connectivity index (χ2n) is 9.46. The third-order valence-corrected chi connectivity index (χ3v) is 7.83. The number of carbonyl (C=O) groups is 2. The minimum absolute atomic E-state index is 0.00971. The number of non-ortho nitro benzene ring substituents is 1. The van der Waals surface area contributed by atoms with E-state index in [2.05, 4.69) is 4.90 Å². The molecule has 0 radical (unpaired) electrons. The molecule has 0 N–H and O–H groups in total. The van der Waals surface area contributed by atoms with Gasteiger partial charge >= 0.3 is 5.97 Å². The van der Waals surface area contributed by atoms with Gasteiger partial charge in [0.15, 0.2) is 5.17 Å². The minimum atomic E-state index is -0.770. The van der Waals surface area contributed by atoms with E-state index in [1.807, 2.05) is 52.6 Å². The first-order chi connectivity index (χ1) is 18.9. The van der Waals surface area contributed by atoms with Gasteiger partial charge in [0.05, 0.1) is 35.3 Å². The Morgan fingerprint density at radius 2 is 1.85 bits per heavy atom. The fourth-order valence-corrected chi connectivity index (χ4v) is 5.85. The maximum atomic E-state index is 13.6. The van der Waals surface area contributed by atoms with Crippen molar-refractivity contribution in [1.82, 2.24) is 14.7 Å². The number of amidine groups is 1. The molecule has 0 bridgehead atoms. The predicted molar refractivity (Wildman–Crippen MR) is 149 cm³/mol. The van der Waals surface area contributed by atoms with Crippen LogP contribution in [0.2, 0.25) is 0 Å². The summed E-state index contributed by atoms with van der Waals surface area (Å²) in [4.78, 5) is 48.9. The Morgan fingerprint density at radius 1 is 1.10 bits per heavy atom. The average Bonchev–Trinajstić information content (AvgIpc) is 3.35. The number of nitro benzene ring substituents is 1. The molecule has 11 heteroatoms. The molecule has 1 fully saturated rings. The number of thioether (sulfide) groups is 1. The zero-order valence-electron chi connectivity index (χ0n) is 21.8. The summed E-state index contributed by atoms with van der Waals surface area (Å²) in [6.45, 7) is 4.80. The number of fused-ring (bicyclic) bond motifs is 1. The third kappa shape index (κ3) is 5.45. The highest BCUT2D eigenvalue weighted by Gasteiger charge is 2.43. The first-order valence-corrected chi connectivity index (χ1v) is 13.7. The number of rotatable bonds is 7. The highest BCUT2D eigenvalue weighted by Crippen LogP contribution is 2.47. The first kappa shape index (κ1) is 26.6. The average molecular weight is 548 g/mol. The Kier molecular flexibility index (Phi) is 7.80. The van der Waals surface area contributed by atoms with E-state index in [1.165, 1.54) is 23.9 Å². The van der Waals surface area contributed by atoms with Crippen LogP contribution in [0.25, 0.3) is 5.70 Å². The molecule has 2 aromatic rings. The van der Waals surface area contributed by atoms with Crippen molar-refractivity contribution in [3.63, 3.8) is 0 Å². The van der Waals surface area contributed by atoms with Crippen molar-refractivity contribution in [3.05, 3.63) is 92.5 Å². The van der Waals surface area contributed by atoms with Gasteiger partial charge in [-0.15, -0.1) is 0 Å². The van der Waals surface area contributed by atoms with Crippen molar-refractivity contribution in [1.29, 1.82) is 0 Å². The molecule has 0 saturated carbocycles. The second-order valence-corrected chi connectivity index (χ2v) is 10.3. The molecule has 1 atom stereocenters. The van der Waals surface area contributed by atoms with E-state index in [0.29, 0.717) is 35.2 Å². The van der Waals surface area contributed by atoms with Crippen molar-refractivity contribution >= 4 is 40.2 Å². The topological polar surface area (TPSA) is 109 Å². The highest BCUT2D eigenvalue weighted by molar-refractivity contribution is 8.16. The molecule has 1 saturated heterocycles. The van der Waals surface area contributed by atoms with Crippen molar-refractivity contribution in [2.75, 3.05) is 39.8 Å². The van der Waals surface area contributed by atoms with E-state index in [-0.39, 0.29) is 30.2 Å². The Labute approximate surface area is 230 Å². The van der Waals surface area contributed by atoms with Crippen LogP contribution in [0.1, 0.15) is 30.5 Å². The van der Waals surface area contributed by atoms with Gasteiger partial charge in [0.1, 0.15) is 0 Å². The fourth-order valence-electron chi connectivity index (χ4n) is 4.93. The number of nitro groups is 1. The van der Waals surface area contributed by atoms with Gasteiger partial charge < -0.3 is 19.4 Å². The summed E-state index contributed by atoms with van der Waals surface area (Å²) in [7, 11) is 2.03. The van der Waals surface area contributed by atoms with Crippen molar-refractivity contribution in [2.24, 2.45) is 4.99 Å². The molecule has 2 aromatic carbocycles. The maximum Gasteiger partial charge on any atom is 0.338 e. The van der Waals surface area contributed by atoms with Gasteiger partial charge in [-0.3, -0.25) is 14.9 Å². The van der Waals surface area contributed by atoms with Gasteiger partial charge in [-0.05, 0) is 24.9 Å². The highest BCUT2D eigenvalue weighted by atomic mass is 32.2. The number of piperazine rings is 1. The fraction of sp³-hybridized carbons (Fsp3) is 0.321. The molecule has 10 nitrogen and oxygen atoms in total. The molecule has 0 aliphatic carbocycles. The molecule has 3 heterocycles. The molecule has 1 unspecified atom stereocenters. The van der Waals surface area contributed by atoms with Crippen LogP contribution in [0, 0.1) is 10.1 Å². The van der Waals surface area contributed by atoms with Crippen LogP contribution in [-0.4, -0.2) is 76.5 Å². The number of carbonyl (C=O) groups excluding carboxylic acids is 2. The van der Waals surface area contributed by atoms with E-state index >= 15 is 0 Å². The van der Waals surface area contributed by atoms with Crippen LogP contribution < -0.4 is 0 Å². The second kappa shape index (κ2) is 11.4. The van der Waals surface area contributed by atoms with Gasteiger partial charge in [0, 0.05) is 49.6 Å². The van der Waals surface area contributed by atoms with Crippen LogP contribution in [0.4, 0.5) is 5.69 Å². The lowest BCUT2D eigenvalue weighted by atomic mass is 9.91. The lowest BCUT2D eigenvalue weighted by molar-refractivity contribution is -0.384. The van der Waals surface area contributed by atoms with Crippen LogP contribution in [0.5, 0.6) is 0 Å². The SMILES string of the molecule is CCOC(=O)C1=C(c2ccccc2)N=C2SC=C(CC(=O)N3CCN(C)CC3)N2C1c1cccc([N+](=O)[O-])c1. The summed E-state index contributed by atoms with van der Waals surface area (Å²) in [5.74, 6) is -0.568. The molecule has 3 aliphatic rings. The lowest BCUT2D eigenvalue weighted by Crippen LogP contribution is -2.47. The zero-order chi connectivity index (χ0) is 27.5. The molecule has 3 aliphatic heterocycles. The molecule has 39 heavy (non-hydrogen) atoms. The maximum absolute atomic E-state index is 13.6. The van der Waals surface area contributed by atoms with Crippen LogP contribution >= 0.6 is 11.8 Å². The monoisotopic (exact) mass is 547 g/mol. The first-order valence-electron chi connectivity index (χ1n) is 12.8.